The second-order valence-corrected chi connectivity index (χ2v) is 16.7. The fourth-order valence-electron chi connectivity index (χ4n) is 10.8. The molecule has 0 fully saturated rings. The maximum atomic E-state index is 7.26. The van der Waals surface area contributed by atoms with Gasteiger partial charge in [0, 0.05) is 38.4 Å². The average molecular weight is 802 g/mol. The Balaban J connectivity index is 1.11. The van der Waals surface area contributed by atoms with E-state index in [9.17, 15) is 0 Å². The summed E-state index contributed by atoms with van der Waals surface area (Å²) in [4.78, 5) is 2.48. The van der Waals surface area contributed by atoms with Crippen molar-refractivity contribution >= 4 is 49.4 Å². The van der Waals surface area contributed by atoms with Crippen LogP contribution in [0.15, 0.2) is 237 Å². The molecule has 13 rings (SSSR count). The summed E-state index contributed by atoms with van der Waals surface area (Å²) in [5, 5.41) is 6.94. The lowest BCUT2D eigenvalue weighted by Crippen LogP contribution is -2.32. The molecule has 1 heterocycles. The molecule has 2 heteroatoms. The quantitative estimate of drug-likeness (QED) is 0.172. The third-order valence-electron chi connectivity index (χ3n) is 13.5. The summed E-state index contributed by atoms with van der Waals surface area (Å²) in [7, 11) is 0. The summed E-state index contributed by atoms with van der Waals surface area (Å²) >= 11 is 0. The van der Waals surface area contributed by atoms with Crippen molar-refractivity contribution in [1.29, 1.82) is 0 Å². The van der Waals surface area contributed by atoms with Crippen molar-refractivity contribution in [3.05, 3.63) is 259 Å². The van der Waals surface area contributed by atoms with Crippen molar-refractivity contribution in [2.75, 3.05) is 4.90 Å². The summed E-state index contributed by atoms with van der Waals surface area (Å²) in [6.07, 6.45) is 0. The zero-order chi connectivity index (χ0) is 41.5. The fourth-order valence-corrected chi connectivity index (χ4v) is 10.8. The summed E-state index contributed by atoms with van der Waals surface area (Å²) in [5.74, 6) is 1.84. The highest BCUT2D eigenvalue weighted by molar-refractivity contribution is 6.04. The first kappa shape index (κ1) is 35.5. The van der Waals surface area contributed by atoms with E-state index in [1.807, 2.05) is 0 Å². The molecule has 0 unspecified atom stereocenters. The third kappa shape index (κ3) is 5.19. The van der Waals surface area contributed by atoms with Gasteiger partial charge in [-0.3, -0.25) is 0 Å². The van der Waals surface area contributed by atoms with E-state index < -0.39 is 5.41 Å². The van der Waals surface area contributed by atoms with Gasteiger partial charge in [-0.1, -0.05) is 212 Å². The van der Waals surface area contributed by atoms with Gasteiger partial charge >= 0.3 is 0 Å². The van der Waals surface area contributed by atoms with E-state index in [0.717, 1.165) is 72.4 Å². The van der Waals surface area contributed by atoms with E-state index in [-0.39, 0.29) is 0 Å². The Morgan fingerprint density at radius 3 is 1.43 bits per heavy atom. The van der Waals surface area contributed by atoms with Gasteiger partial charge < -0.3 is 9.64 Å². The highest BCUT2D eigenvalue weighted by atomic mass is 16.5. The minimum atomic E-state index is -0.650. The van der Waals surface area contributed by atoms with Crippen molar-refractivity contribution in [2.45, 2.75) is 5.41 Å². The number of rotatable bonds is 5. The molecule has 294 valence electrons. The Labute approximate surface area is 366 Å². The number of ether oxygens (including phenoxy) is 1. The van der Waals surface area contributed by atoms with Crippen LogP contribution in [0, 0.1) is 0 Å². The molecule has 11 aromatic rings. The molecule has 63 heavy (non-hydrogen) atoms. The lowest BCUT2D eigenvalue weighted by molar-refractivity contribution is 0.447. The van der Waals surface area contributed by atoms with Crippen molar-refractivity contribution in [3.63, 3.8) is 0 Å². The van der Waals surface area contributed by atoms with Crippen LogP contribution in [-0.2, 0) is 5.41 Å². The van der Waals surface area contributed by atoms with Crippen LogP contribution in [0.5, 0.6) is 11.5 Å². The first-order valence-electron chi connectivity index (χ1n) is 21.8. The van der Waals surface area contributed by atoms with Crippen LogP contribution in [0.4, 0.5) is 17.1 Å². The van der Waals surface area contributed by atoms with Crippen LogP contribution >= 0.6 is 0 Å². The molecule has 0 aromatic heterocycles. The van der Waals surface area contributed by atoms with E-state index in [4.69, 9.17) is 4.74 Å². The monoisotopic (exact) mass is 801 g/mol. The Morgan fingerprint density at radius 2 is 0.762 bits per heavy atom. The van der Waals surface area contributed by atoms with E-state index >= 15 is 0 Å². The first-order chi connectivity index (χ1) is 31.3. The summed E-state index contributed by atoms with van der Waals surface area (Å²) in [6.45, 7) is 0. The van der Waals surface area contributed by atoms with Gasteiger partial charge in [-0.05, 0) is 73.8 Å². The van der Waals surface area contributed by atoms with Gasteiger partial charge in [0.25, 0.3) is 0 Å². The molecule has 0 amide bonds. The molecule has 0 N–H and O–H groups in total. The predicted octanol–water partition coefficient (Wildman–Crippen LogP) is 16.4. The standard InChI is InChI=1S/C61H39NO/c1-2-17-40(18-3-1)45-24-11-14-30-56(45)62(58-32-16-22-41-19-4-7-23-46(41)58)57-31-15-12-25-47(57)44-33-36-51-50-28-10-13-29-52(50)61(55(51)39-44)53-37-34-42-20-5-8-26-48(42)59(53)63-60-49-27-9-6-21-43(49)35-38-54(60)61/h1-39H. The second-order valence-electron chi connectivity index (χ2n) is 16.7. The highest BCUT2D eigenvalue weighted by Gasteiger charge is 2.52. The molecule has 0 atom stereocenters. The van der Waals surface area contributed by atoms with Crippen molar-refractivity contribution in [3.8, 4) is 44.9 Å². The largest absolute Gasteiger partial charge is 0.455 e. The predicted molar refractivity (Wildman–Crippen MR) is 262 cm³/mol. The SMILES string of the molecule is c1ccc(-c2ccccc2N(c2ccccc2-c2ccc3c(c2)C2(c4ccccc4-3)c3ccc4ccccc4c3Oc3c2ccc2ccccc32)c2cccc3ccccc23)cc1. The molecule has 0 saturated carbocycles. The molecule has 0 bridgehead atoms. The van der Waals surface area contributed by atoms with Gasteiger partial charge in [0.1, 0.15) is 11.5 Å². The summed E-state index contributed by atoms with van der Waals surface area (Å²) in [5.41, 5.74) is 14.7. The lowest BCUT2D eigenvalue weighted by atomic mass is 9.65. The minimum absolute atomic E-state index is 0.650. The van der Waals surface area contributed by atoms with E-state index in [0.29, 0.717) is 0 Å². The van der Waals surface area contributed by atoms with Gasteiger partial charge in [-0.2, -0.15) is 0 Å². The topological polar surface area (TPSA) is 12.5 Å². The Morgan fingerprint density at radius 1 is 0.286 bits per heavy atom. The molecular formula is C61H39NO. The molecular weight excluding hydrogens is 763 g/mol. The number of benzene rings is 11. The van der Waals surface area contributed by atoms with Crippen molar-refractivity contribution < 1.29 is 4.74 Å². The lowest BCUT2D eigenvalue weighted by Gasteiger charge is -2.40. The van der Waals surface area contributed by atoms with Gasteiger partial charge in [-0.25, -0.2) is 0 Å². The van der Waals surface area contributed by atoms with Crippen LogP contribution in [0.3, 0.4) is 0 Å². The Bertz CT molecular complexity index is 3530. The van der Waals surface area contributed by atoms with Crippen molar-refractivity contribution in [2.24, 2.45) is 0 Å². The number of anilines is 3. The Kier molecular flexibility index (Phi) is 7.85. The molecule has 1 aliphatic heterocycles. The van der Waals surface area contributed by atoms with Crippen LogP contribution in [-0.4, -0.2) is 0 Å². The number of para-hydroxylation sites is 2. The summed E-state index contributed by atoms with van der Waals surface area (Å²) < 4.78 is 7.26. The van der Waals surface area contributed by atoms with E-state index in [1.165, 1.54) is 44.2 Å². The van der Waals surface area contributed by atoms with Crippen LogP contribution in [0.2, 0.25) is 0 Å². The minimum Gasteiger partial charge on any atom is -0.455 e. The number of nitrogens with zero attached hydrogens (tertiary/aromatic N) is 1. The average Bonchev–Trinajstić information content (AvgIpc) is 3.64. The maximum absolute atomic E-state index is 7.26. The van der Waals surface area contributed by atoms with Gasteiger partial charge in [0.15, 0.2) is 0 Å². The summed E-state index contributed by atoms with van der Waals surface area (Å²) in [6, 6.07) is 86.6. The van der Waals surface area contributed by atoms with Crippen LogP contribution < -0.4 is 9.64 Å². The third-order valence-corrected chi connectivity index (χ3v) is 13.5. The molecule has 11 aromatic carbocycles. The van der Waals surface area contributed by atoms with Crippen LogP contribution in [0.25, 0.3) is 65.7 Å². The zero-order valence-electron chi connectivity index (χ0n) is 34.4. The van der Waals surface area contributed by atoms with Gasteiger partial charge in [-0.15, -0.1) is 0 Å². The molecule has 0 saturated heterocycles. The maximum Gasteiger partial charge on any atom is 0.140 e. The van der Waals surface area contributed by atoms with Gasteiger partial charge in [0.05, 0.1) is 22.5 Å². The Hall–Kier alpha value is -8.20. The fraction of sp³-hybridized carbons (Fsp3) is 0.0164. The van der Waals surface area contributed by atoms with Gasteiger partial charge in [0.2, 0.25) is 0 Å². The zero-order valence-corrected chi connectivity index (χ0v) is 34.4. The molecule has 2 nitrogen and oxygen atoms in total. The molecule has 0 radical (unpaired) electrons. The molecule has 1 spiro atoms. The normalized spacial score (nSPS) is 13.0. The van der Waals surface area contributed by atoms with E-state index in [1.54, 1.807) is 0 Å². The smallest absolute Gasteiger partial charge is 0.140 e. The number of hydrogen-bond acceptors (Lipinski definition) is 2. The van der Waals surface area contributed by atoms with Crippen LogP contribution in [0.1, 0.15) is 22.3 Å². The molecule has 1 aliphatic carbocycles. The highest BCUT2D eigenvalue weighted by Crippen LogP contribution is 2.64. The number of hydrogen-bond donors (Lipinski definition) is 0. The number of fused-ring (bicyclic) bond motifs is 14. The van der Waals surface area contributed by atoms with E-state index in [2.05, 4.69) is 241 Å². The second kappa shape index (κ2) is 13.9. The van der Waals surface area contributed by atoms with Crippen molar-refractivity contribution in [1.82, 2.24) is 0 Å². The first-order valence-corrected chi connectivity index (χ1v) is 21.8. The molecule has 2 aliphatic rings.